The van der Waals surface area contributed by atoms with Crippen molar-refractivity contribution in [2.24, 2.45) is 4.99 Å². The maximum Gasteiger partial charge on any atom is 0.338 e. The van der Waals surface area contributed by atoms with E-state index >= 15 is 0 Å². The zero-order chi connectivity index (χ0) is 18.0. The molecule has 25 heavy (non-hydrogen) atoms. The zero-order valence-electron chi connectivity index (χ0n) is 12.9. The number of nitrogens with one attached hydrogen (secondary N) is 1. The van der Waals surface area contributed by atoms with E-state index in [4.69, 9.17) is 4.74 Å². The second-order valence-corrected chi connectivity index (χ2v) is 7.25. The average molecular weight is 489 g/mol. The van der Waals surface area contributed by atoms with Crippen LogP contribution >= 0.6 is 43.2 Å². The Morgan fingerprint density at radius 1 is 1.48 bits per heavy atom. The summed E-state index contributed by atoms with van der Waals surface area (Å²) in [6.07, 6.45) is 1.67. The fraction of sp³-hybridized carbons (Fsp3) is 0.188. The molecule has 1 aliphatic heterocycles. The van der Waals surface area contributed by atoms with E-state index in [1.807, 2.05) is 5.38 Å². The van der Waals surface area contributed by atoms with E-state index in [9.17, 15) is 9.18 Å². The Hall–Kier alpha value is -1.58. The van der Waals surface area contributed by atoms with Gasteiger partial charge in [0.1, 0.15) is 11.9 Å². The molecule has 0 spiro atoms. The Kier molecular flexibility index (Phi) is 5.65. The van der Waals surface area contributed by atoms with E-state index in [2.05, 4.69) is 47.2 Å². The molecule has 2 heterocycles. The number of allylic oxidation sites excluding steroid dienone is 1. The van der Waals surface area contributed by atoms with E-state index in [1.165, 1.54) is 24.5 Å². The third-order valence-electron chi connectivity index (χ3n) is 3.58. The van der Waals surface area contributed by atoms with Crippen molar-refractivity contribution in [3.8, 4) is 0 Å². The summed E-state index contributed by atoms with van der Waals surface area (Å²) in [5.74, 6) is -0.421. The number of amidine groups is 1. The van der Waals surface area contributed by atoms with Crippen molar-refractivity contribution in [3.63, 3.8) is 0 Å². The summed E-state index contributed by atoms with van der Waals surface area (Å²) >= 11 is 8.07. The van der Waals surface area contributed by atoms with E-state index in [0.29, 0.717) is 33.0 Å². The Labute approximate surface area is 164 Å². The van der Waals surface area contributed by atoms with Crippen molar-refractivity contribution >= 4 is 55.0 Å². The molecule has 0 fully saturated rings. The molecule has 5 nitrogen and oxygen atoms in total. The smallest absolute Gasteiger partial charge is 0.338 e. The van der Waals surface area contributed by atoms with Crippen LogP contribution in [0.15, 0.2) is 50.5 Å². The van der Waals surface area contributed by atoms with Crippen molar-refractivity contribution < 1.29 is 13.9 Å². The summed E-state index contributed by atoms with van der Waals surface area (Å²) < 4.78 is 19.2. The summed E-state index contributed by atoms with van der Waals surface area (Å²) in [6, 6.07) is 3.93. The predicted molar refractivity (Wildman–Crippen MR) is 101 cm³/mol. The fourth-order valence-electron chi connectivity index (χ4n) is 2.46. The van der Waals surface area contributed by atoms with Gasteiger partial charge in [-0.05, 0) is 27.6 Å². The van der Waals surface area contributed by atoms with Gasteiger partial charge in [-0.2, -0.15) is 0 Å². The van der Waals surface area contributed by atoms with E-state index < -0.39 is 17.8 Å². The highest BCUT2D eigenvalue weighted by Gasteiger charge is 2.33. The predicted octanol–water partition coefficient (Wildman–Crippen LogP) is 3.96. The molecule has 1 N–H and O–H groups in total. The topological polar surface area (TPSA) is 63.6 Å². The lowest BCUT2D eigenvalue weighted by Crippen LogP contribution is -2.34. The first-order chi connectivity index (χ1) is 12.1. The highest BCUT2D eigenvalue weighted by Crippen LogP contribution is 2.37. The number of carbonyl (C=O) groups is 1. The third kappa shape index (κ3) is 3.54. The molecule has 1 aromatic carbocycles. The van der Waals surface area contributed by atoms with Crippen LogP contribution in [-0.4, -0.2) is 29.2 Å². The minimum absolute atomic E-state index is 0.263. The van der Waals surface area contributed by atoms with Crippen LogP contribution in [0.1, 0.15) is 16.6 Å². The summed E-state index contributed by atoms with van der Waals surface area (Å²) in [5, 5.41) is 6.02. The lowest BCUT2D eigenvalue weighted by Gasteiger charge is -2.26. The van der Waals surface area contributed by atoms with E-state index in [1.54, 1.807) is 18.3 Å². The standard InChI is InChI=1S/C16H12Br2FN3O2S/c1-24-16(23)11-10(7-17)21-14(15-20-5-6-25-15)22-13(11)8-3-2-4-9(19)12(8)18/h2-6,13H,7H2,1H3,(H,21,22). The number of hydrogen-bond acceptors (Lipinski definition) is 6. The molecule has 0 amide bonds. The number of nitrogens with zero attached hydrogens (tertiary/aromatic N) is 2. The van der Waals surface area contributed by atoms with Crippen LogP contribution in [0.25, 0.3) is 0 Å². The van der Waals surface area contributed by atoms with Crippen molar-refractivity contribution in [1.29, 1.82) is 0 Å². The first-order valence-electron chi connectivity index (χ1n) is 7.12. The summed E-state index contributed by atoms with van der Waals surface area (Å²) in [5.41, 5.74) is 1.47. The normalized spacial score (nSPS) is 17.1. The highest BCUT2D eigenvalue weighted by atomic mass is 79.9. The van der Waals surface area contributed by atoms with E-state index in [-0.39, 0.29) is 4.47 Å². The van der Waals surface area contributed by atoms with E-state index in [0.717, 1.165) is 0 Å². The second-order valence-electron chi connectivity index (χ2n) is 5.00. The maximum absolute atomic E-state index is 14.0. The Balaban J connectivity index is 2.19. The molecule has 130 valence electrons. The first kappa shape index (κ1) is 18.2. The van der Waals surface area contributed by atoms with Crippen LogP contribution < -0.4 is 5.32 Å². The first-order valence-corrected chi connectivity index (χ1v) is 9.92. The molecule has 1 atom stereocenters. The highest BCUT2D eigenvalue weighted by molar-refractivity contribution is 9.10. The quantitative estimate of drug-likeness (QED) is 0.522. The van der Waals surface area contributed by atoms with Crippen LogP contribution in [0.2, 0.25) is 0 Å². The minimum atomic E-state index is -0.717. The molecule has 0 aliphatic carbocycles. The van der Waals surface area contributed by atoms with Crippen LogP contribution in [0, 0.1) is 5.82 Å². The molecular formula is C16H12Br2FN3O2S. The molecule has 1 unspecified atom stereocenters. The number of halogens is 3. The summed E-state index contributed by atoms with van der Waals surface area (Å²) in [4.78, 5) is 21.3. The fourth-order valence-corrected chi connectivity index (χ4v) is 3.97. The molecule has 1 aliphatic rings. The van der Waals surface area contributed by atoms with Crippen molar-refractivity contribution in [2.75, 3.05) is 12.4 Å². The largest absolute Gasteiger partial charge is 0.466 e. The number of hydrogen-bond donors (Lipinski definition) is 1. The van der Waals surface area contributed by atoms with Gasteiger partial charge >= 0.3 is 5.97 Å². The molecule has 0 saturated heterocycles. The van der Waals surface area contributed by atoms with Crippen LogP contribution in [0.5, 0.6) is 0 Å². The number of aliphatic imine (C=N–C) groups is 1. The number of methoxy groups -OCH3 is 1. The molecule has 2 aromatic rings. The summed E-state index contributed by atoms with van der Waals surface area (Å²) in [7, 11) is 1.30. The number of esters is 1. The number of aromatic nitrogens is 1. The molecule has 3 rings (SSSR count). The van der Waals surface area contributed by atoms with Gasteiger partial charge in [-0.15, -0.1) is 11.3 Å². The van der Waals surface area contributed by atoms with Crippen molar-refractivity contribution in [1.82, 2.24) is 10.3 Å². The number of carbonyl (C=O) groups excluding carboxylic acids is 1. The van der Waals surface area contributed by atoms with Crippen molar-refractivity contribution in [3.05, 3.63) is 61.9 Å². The molecule has 1 aromatic heterocycles. The Morgan fingerprint density at radius 3 is 2.92 bits per heavy atom. The Morgan fingerprint density at radius 2 is 2.28 bits per heavy atom. The molecule has 0 radical (unpaired) electrons. The summed E-state index contributed by atoms with van der Waals surface area (Å²) in [6.45, 7) is 0. The number of thiazole rings is 1. The zero-order valence-corrected chi connectivity index (χ0v) is 16.9. The van der Waals surface area contributed by atoms with Gasteiger partial charge in [0.2, 0.25) is 0 Å². The minimum Gasteiger partial charge on any atom is -0.466 e. The maximum atomic E-state index is 14.0. The average Bonchev–Trinajstić information content (AvgIpc) is 3.17. The lowest BCUT2D eigenvalue weighted by molar-refractivity contribution is -0.136. The third-order valence-corrected chi connectivity index (χ3v) is 5.75. The van der Waals surface area contributed by atoms with Gasteiger partial charge in [0.15, 0.2) is 10.8 Å². The van der Waals surface area contributed by atoms with Gasteiger partial charge in [-0.3, -0.25) is 4.99 Å². The van der Waals surface area contributed by atoms with Crippen LogP contribution in [-0.2, 0) is 9.53 Å². The molecular weight excluding hydrogens is 477 g/mol. The van der Waals surface area contributed by atoms with Gasteiger partial charge in [0.05, 0.1) is 17.2 Å². The number of ether oxygens (including phenoxy) is 1. The molecule has 0 bridgehead atoms. The SMILES string of the molecule is COC(=O)C1=C(CBr)NC(c2nccs2)=NC1c1cccc(F)c1Br. The van der Waals surface area contributed by atoms with Gasteiger partial charge in [0.25, 0.3) is 0 Å². The van der Waals surface area contributed by atoms with Gasteiger partial charge in [-0.1, -0.05) is 28.1 Å². The van der Waals surface area contributed by atoms with Crippen LogP contribution in [0.4, 0.5) is 4.39 Å². The van der Waals surface area contributed by atoms with Gasteiger partial charge in [0, 0.05) is 22.6 Å². The van der Waals surface area contributed by atoms with Crippen LogP contribution in [0.3, 0.4) is 0 Å². The lowest BCUT2D eigenvalue weighted by atomic mass is 9.96. The van der Waals surface area contributed by atoms with Gasteiger partial charge < -0.3 is 10.1 Å². The van der Waals surface area contributed by atoms with Gasteiger partial charge in [-0.25, -0.2) is 14.2 Å². The number of alkyl halides is 1. The molecule has 0 saturated carbocycles. The second kappa shape index (κ2) is 7.76. The van der Waals surface area contributed by atoms with Crippen molar-refractivity contribution in [2.45, 2.75) is 6.04 Å². The Bertz CT molecular complexity index is 868. The molecule has 9 heteroatoms. The number of benzene rings is 1. The monoisotopic (exact) mass is 487 g/mol. The number of rotatable bonds is 4.